The van der Waals surface area contributed by atoms with Crippen LogP contribution in [0.15, 0.2) is 17.8 Å². The fraction of sp³-hybridized carbons (Fsp3) is 0.571. The van der Waals surface area contributed by atoms with Gasteiger partial charge in [-0.05, 0) is 32.9 Å². The van der Waals surface area contributed by atoms with E-state index in [1.54, 1.807) is 11.3 Å². The highest BCUT2D eigenvalue weighted by molar-refractivity contribution is 7.15. The summed E-state index contributed by atoms with van der Waals surface area (Å²) in [4.78, 5) is 19.7. The molecule has 1 saturated heterocycles. The Morgan fingerprint density at radius 1 is 1.50 bits per heavy atom. The highest BCUT2D eigenvalue weighted by atomic mass is 32.1. The van der Waals surface area contributed by atoms with E-state index in [-0.39, 0.29) is 11.9 Å². The quantitative estimate of drug-likeness (QED) is 0.811. The van der Waals surface area contributed by atoms with E-state index in [0.29, 0.717) is 6.61 Å². The smallest absolute Gasteiger partial charge is 0.309 e. The number of carbonyl (C=O) groups is 1. The predicted octanol–water partition coefficient (Wildman–Crippen LogP) is 2.17. The average molecular weight is 293 g/mol. The van der Waals surface area contributed by atoms with E-state index in [2.05, 4.69) is 20.5 Å². The average Bonchev–Trinajstić information content (AvgIpc) is 3.01. The Kier molecular flexibility index (Phi) is 4.03. The highest BCUT2D eigenvalue weighted by Gasteiger charge is 2.26. The number of hydrogen-bond donors (Lipinski definition) is 0. The predicted molar refractivity (Wildman–Crippen MR) is 77.7 cm³/mol. The van der Waals surface area contributed by atoms with Crippen LogP contribution in [0.3, 0.4) is 0 Å². The molecule has 1 aliphatic heterocycles. The summed E-state index contributed by atoms with van der Waals surface area (Å²) in [6, 6.07) is 0. The lowest BCUT2D eigenvalue weighted by Gasteiger charge is -2.30. The van der Waals surface area contributed by atoms with Crippen LogP contribution in [0, 0.1) is 5.92 Å². The molecule has 1 aliphatic rings. The molecule has 0 aliphatic carbocycles. The van der Waals surface area contributed by atoms with Crippen LogP contribution in [0.5, 0.6) is 0 Å². The van der Waals surface area contributed by atoms with Gasteiger partial charge in [0.05, 0.1) is 18.2 Å². The van der Waals surface area contributed by atoms with Crippen LogP contribution in [-0.4, -0.2) is 40.0 Å². The first kappa shape index (κ1) is 13.6. The normalized spacial score (nSPS) is 17.6. The van der Waals surface area contributed by atoms with Gasteiger partial charge >= 0.3 is 5.97 Å². The molecule has 0 amide bonds. The van der Waals surface area contributed by atoms with Crippen LogP contribution in [0.25, 0.3) is 4.96 Å². The summed E-state index contributed by atoms with van der Waals surface area (Å²) in [5.41, 5.74) is 1.10. The van der Waals surface area contributed by atoms with Gasteiger partial charge in [-0.1, -0.05) is 0 Å². The molecule has 0 bridgehead atoms. The van der Waals surface area contributed by atoms with E-state index < -0.39 is 0 Å². The van der Waals surface area contributed by atoms with Gasteiger partial charge < -0.3 is 4.74 Å². The number of piperidine rings is 1. The maximum Gasteiger partial charge on any atom is 0.309 e. The molecule has 5 nitrogen and oxygen atoms in total. The van der Waals surface area contributed by atoms with Gasteiger partial charge in [0.2, 0.25) is 0 Å². The van der Waals surface area contributed by atoms with E-state index in [0.717, 1.165) is 43.1 Å². The maximum absolute atomic E-state index is 11.7. The molecule has 3 heterocycles. The topological polar surface area (TPSA) is 46.8 Å². The lowest BCUT2D eigenvalue weighted by molar-refractivity contribution is -0.149. The number of imidazole rings is 1. The summed E-state index contributed by atoms with van der Waals surface area (Å²) in [6.07, 6.45) is 5.90. The zero-order valence-corrected chi connectivity index (χ0v) is 12.4. The number of thiazole rings is 1. The van der Waals surface area contributed by atoms with Gasteiger partial charge in [0.15, 0.2) is 4.96 Å². The lowest BCUT2D eigenvalue weighted by Crippen LogP contribution is -2.36. The number of ether oxygens (including phenoxy) is 1. The van der Waals surface area contributed by atoms with Crippen LogP contribution in [0.4, 0.5) is 0 Å². The number of fused-ring (bicyclic) bond motifs is 1. The number of carbonyl (C=O) groups excluding carboxylic acids is 1. The minimum absolute atomic E-state index is 0.0327. The number of likely N-dealkylation sites (tertiary alicyclic amines) is 1. The Balaban J connectivity index is 1.53. The summed E-state index contributed by atoms with van der Waals surface area (Å²) < 4.78 is 7.15. The number of esters is 1. The minimum atomic E-state index is -0.0327. The van der Waals surface area contributed by atoms with Gasteiger partial charge in [-0.2, -0.15) is 0 Å². The number of aromatic nitrogens is 2. The molecule has 2 aromatic heterocycles. The van der Waals surface area contributed by atoms with Crippen molar-refractivity contribution < 1.29 is 9.53 Å². The molecule has 108 valence electrons. The van der Waals surface area contributed by atoms with Gasteiger partial charge in [0.25, 0.3) is 0 Å². The third-order valence-corrected chi connectivity index (χ3v) is 4.51. The van der Waals surface area contributed by atoms with Crippen molar-refractivity contribution in [3.8, 4) is 0 Å². The SMILES string of the molecule is CCOC(=O)C1CCN(Cc2cn3ccsc3n2)CC1. The van der Waals surface area contributed by atoms with Crippen molar-refractivity contribution in [3.05, 3.63) is 23.5 Å². The van der Waals surface area contributed by atoms with Crippen molar-refractivity contribution in [1.29, 1.82) is 0 Å². The van der Waals surface area contributed by atoms with Gasteiger partial charge in [-0.3, -0.25) is 14.1 Å². The molecule has 1 fully saturated rings. The summed E-state index contributed by atoms with van der Waals surface area (Å²) in [7, 11) is 0. The van der Waals surface area contributed by atoms with Gasteiger partial charge in [-0.25, -0.2) is 4.98 Å². The van der Waals surface area contributed by atoms with Crippen LogP contribution in [0.2, 0.25) is 0 Å². The molecule has 0 atom stereocenters. The largest absolute Gasteiger partial charge is 0.466 e. The monoisotopic (exact) mass is 293 g/mol. The summed E-state index contributed by atoms with van der Waals surface area (Å²) in [5, 5.41) is 2.04. The second kappa shape index (κ2) is 5.93. The Labute approximate surface area is 122 Å². The molecule has 0 spiro atoms. The first-order valence-electron chi connectivity index (χ1n) is 7.06. The molecule has 0 saturated carbocycles. The first-order chi connectivity index (χ1) is 9.76. The zero-order valence-electron chi connectivity index (χ0n) is 11.6. The van der Waals surface area contributed by atoms with Crippen molar-refractivity contribution in [2.45, 2.75) is 26.3 Å². The van der Waals surface area contributed by atoms with Crippen molar-refractivity contribution in [1.82, 2.24) is 14.3 Å². The fourth-order valence-electron chi connectivity index (χ4n) is 2.67. The van der Waals surface area contributed by atoms with E-state index in [1.165, 1.54) is 0 Å². The molecule has 0 aromatic carbocycles. The number of rotatable bonds is 4. The molecule has 0 radical (unpaired) electrons. The second-order valence-electron chi connectivity index (χ2n) is 5.13. The molecule has 0 N–H and O–H groups in total. The molecule has 2 aromatic rings. The molecule has 3 rings (SSSR count). The van der Waals surface area contributed by atoms with E-state index in [4.69, 9.17) is 4.74 Å². The summed E-state index contributed by atoms with van der Waals surface area (Å²) in [5.74, 6) is 0.0475. The zero-order chi connectivity index (χ0) is 13.9. The van der Waals surface area contributed by atoms with Crippen LogP contribution in [0.1, 0.15) is 25.5 Å². The maximum atomic E-state index is 11.7. The van der Waals surface area contributed by atoms with E-state index in [9.17, 15) is 4.79 Å². The van der Waals surface area contributed by atoms with Crippen LogP contribution < -0.4 is 0 Å². The Bertz CT molecular complexity index is 556. The molecule has 20 heavy (non-hydrogen) atoms. The molecule has 6 heteroatoms. The van der Waals surface area contributed by atoms with Gasteiger partial charge in [0, 0.05) is 24.3 Å². The number of hydrogen-bond acceptors (Lipinski definition) is 5. The Morgan fingerprint density at radius 3 is 3.00 bits per heavy atom. The van der Waals surface area contributed by atoms with Crippen LogP contribution in [-0.2, 0) is 16.1 Å². The highest BCUT2D eigenvalue weighted by Crippen LogP contribution is 2.20. The van der Waals surface area contributed by atoms with Gasteiger partial charge in [0.1, 0.15) is 0 Å². The lowest BCUT2D eigenvalue weighted by atomic mass is 9.97. The van der Waals surface area contributed by atoms with Crippen molar-refractivity contribution >= 4 is 22.3 Å². The minimum Gasteiger partial charge on any atom is -0.466 e. The molecular formula is C14H19N3O2S. The third-order valence-electron chi connectivity index (χ3n) is 3.74. The number of nitrogens with zero attached hydrogens (tertiary/aromatic N) is 3. The first-order valence-corrected chi connectivity index (χ1v) is 7.94. The summed E-state index contributed by atoms with van der Waals surface area (Å²) >= 11 is 1.65. The fourth-order valence-corrected chi connectivity index (χ4v) is 3.39. The Hall–Kier alpha value is -1.40. The van der Waals surface area contributed by atoms with E-state index >= 15 is 0 Å². The third kappa shape index (κ3) is 2.86. The van der Waals surface area contributed by atoms with Crippen molar-refractivity contribution in [3.63, 3.8) is 0 Å². The molecular weight excluding hydrogens is 274 g/mol. The summed E-state index contributed by atoms with van der Waals surface area (Å²) in [6.45, 7) is 5.08. The van der Waals surface area contributed by atoms with Crippen molar-refractivity contribution in [2.75, 3.05) is 19.7 Å². The van der Waals surface area contributed by atoms with Gasteiger partial charge in [-0.15, -0.1) is 11.3 Å². The van der Waals surface area contributed by atoms with E-state index in [1.807, 2.05) is 18.5 Å². The standard InChI is InChI=1S/C14H19N3O2S/c1-2-19-13(18)11-3-5-16(6-4-11)9-12-10-17-7-8-20-14(17)15-12/h7-8,10-11H,2-6,9H2,1H3. The van der Waals surface area contributed by atoms with Crippen LogP contribution >= 0.6 is 11.3 Å². The second-order valence-corrected chi connectivity index (χ2v) is 6.00. The molecule has 0 unspecified atom stereocenters. The van der Waals surface area contributed by atoms with Crippen molar-refractivity contribution in [2.24, 2.45) is 5.92 Å². The Morgan fingerprint density at radius 2 is 2.30 bits per heavy atom.